The van der Waals surface area contributed by atoms with Gasteiger partial charge in [-0.1, -0.05) is 78.9 Å². The molecule has 0 saturated heterocycles. The summed E-state index contributed by atoms with van der Waals surface area (Å²) in [6.45, 7) is 5.47. The molecule has 3 aromatic rings. The summed E-state index contributed by atoms with van der Waals surface area (Å²) in [4.78, 5) is 30.4. The first kappa shape index (κ1) is 25.4. The number of hydroxylamine groups is 2. The Balaban J connectivity index is 1.49. The van der Waals surface area contributed by atoms with Crippen LogP contribution in [0.1, 0.15) is 43.4 Å². The van der Waals surface area contributed by atoms with Gasteiger partial charge >= 0.3 is 12.1 Å². The van der Waals surface area contributed by atoms with E-state index in [9.17, 15) is 14.7 Å². The molecule has 0 aromatic heterocycles. The van der Waals surface area contributed by atoms with Crippen LogP contribution < -0.4 is 0 Å². The summed E-state index contributed by atoms with van der Waals surface area (Å²) in [5.41, 5.74) is 4.61. The van der Waals surface area contributed by atoms with Gasteiger partial charge in [0.2, 0.25) is 0 Å². The number of carboxylic acid groups (broad SMARTS) is 1. The molecule has 1 aliphatic carbocycles. The first-order valence-corrected chi connectivity index (χ1v) is 11.9. The molecule has 0 unspecified atom stereocenters. The summed E-state index contributed by atoms with van der Waals surface area (Å²) in [6, 6.07) is 24.0. The summed E-state index contributed by atoms with van der Waals surface area (Å²) < 4.78 is 11.3. The lowest BCUT2D eigenvalue weighted by Gasteiger charge is -2.29. The normalized spacial score (nSPS) is 13.7. The minimum atomic E-state index is -1.22. The molecule has 1 aliphatic rings. The molecule has 188 valence electrons. The standard InChI is InChI=1S/C29H31NO6/c1-29(2,3)35-19-26(27(31)32)30(17-20-11-5-4-6-12-20)36-28(33)34-18-25-23-15-9-7-13-21(23)22-14-8-10-16-24(22)25/h4-16,25-26H,17-19H2,1-3H3,(H,31,32)/t26-/m1/s1. The van der Waals surface area contributed by atoms with Crippen molar-refractivity contribution in [2.75, 3.05) is 13.2 Å². The first-order valence-electron chi connectivity index (χ1n) is 11.9. The fraction of sp³-hybridized carbons (Fsp3) is 0.310. The van der Waals surface area contributed by atoms with Gasteiger partial charge in [0.15, 0.2) is 6.04 Å². The maximum absolute atomic E-state index is 12.8. The SMILES string of the molecule is CC(C)(C)OC[C@H](C(=O)O)N(Cc1ccccc1)OC(=O)OCC1c2ccccc2-c2ccccc21. The van der Waals surface area contributed by atoms with E-state index in [1.807, 2.05) is 87.5 Å². The minimum absolute atomic E-state index is 0.0650. The molecule has 7 nitrogen and oxygen atoms in total. The fourth-order valence-electron chi connectivity index (χ4n) is 4.29. The Morgan fingerprint density at radius 1 is 0.889 bits per heavy atom. The minimum Gasteiger partial charge on any atom is -0.480 e. The zero-order valence-electron chi connectivity index (χ0n) is 20.7. The highest BCUT2D eigenvalue weighted by Gasteiger charge is 2.33. The van der Waals surface area contributed by atoms with E-state index in [0.717, 1.165) is 32.9 Å². The molecule has 0 heterocycles. The van der Waals surface area contributed by atoms with Crippen molar-refractivity contribution in [3.05, 3.63) is 95.6 Å². The highest BCUT2D eigenvalue weighted by molar-refractivity contribution is 5.79. The lowest BCUT2D eigenvalue weighted by molar-refractivity contribution is -0.195. The van der Waals surface area contributed by atoms with Gasteiger partial charge in [0.05, 0.1) is 18.8 Å². The molecule has 0 amide bonds. The van der Waals surface area contributed by atoms with Gasteiger partial charge in [-0.3, -0.25) is 4.79 Å². The van der Waals surface area contributed by atoms with Crippen molar-refractivity contribution in [1.82, 2.24) is 5.06 Å². The van der Waals surface area contributed by atoms with Crippen LogP contribution in [0.5, 0.6) is 0 Å². The van der Waals surface area contributed by atoms with Crippen LogP contribution in [0, 0.1) is 0 Å². The van der Waals surface area contributed by atoms with Crippen LogP contribution in [-0.2, 0) is 25.7 Å². The van der Waals surface area contributed by atoms with E-state index < -0.39 is 23.8 Å². The quantitative estimate of drug-likeness (QED) is 0.308. The average molecular weight is 490 g/mol. The van der Waals surface area contributed by atoms with E-state index in [1.165, 1.54) is 0 Å². The van der Waals surface area contributed by atoms with Crippen molar-refractivity contribution in [1.29, 1.82) is 0 Å². The second-order valence-corrected chi connectivity index (χ2v) is 9.72. The van der Waals surface area contributed by atoms with Gasteiger partial charge < -0.3 is 19.4 Å². The van der Waals surface area contributed by atoms with Crippen LogP contribution >= 0.6 is 0 Å². The molecule has 1 N–H and O–H groups in total. The Labute approximate surface area is 211 Å². The van der Waals surface area contributed by atoms with Crippen LogP contribution in [0.15, 0.2) is 78.9 Å². The molecular weight excluding hydrogens is 458 g/mol. The molecule has 0 bridgehead atoms. The summed E-state index contributed by atoms with van der Waals surface area (Å²) in [6.07, 6.45) is -0.963. The molecular formula is C29H31NO6. The third-order valence-corrected chi connectivity index (χ3v) is 6.01. The first-order chi connectivity index (χ1) is 17.2. The van der Waals surface area contributed by atoms with E-state index in [2.05, 4.69) is 12.1 Å². The number of aliphatic carboxylic acids is 1. The maximum atomic E-state index is 12.8. The van der Waals surface area contributed by atoms with E-state index in [-0.39, 0.29) is 25.7 Å². The topological polar surface area (TPSA) is 85.3 Å². The second-order valence-electron chi connectivity index (χ2n) is 9.72. The van der Waals surface area contributed by atoms with E-state index in [1.54, 1.807) is 0 Å². The second kappa shape index (κ2) is 10.9. The zero-order chi connectivity index (χ0) is 25.7. The Morgan fingerprint density at radius 3 is 2.00 bits per heavy atom. The Bertz CT molecular complexity index is 1160. The van der Waals surface area contributed by atoms with Gasteiger partial charge in [0, 0.05) is 5.92 Å². The number of carbonyl (C=O) groups excluding carboxylic acids is 1. The number of fused-ring (bicyclic) bond motifs is 3. The van der Waals surface area contributed by atoms with Crippen molar-refractivity contribution >= 4 is 12.1 Å². The Morgan fingerprint density at radius 2 is 1.44 bits per heavy atom. The third-order valence-electron chi connectivity index (χ3n) is 6.01. The van der Waals surface area contributed by atoms with E-state index >= 15 is 0 Å². The number of rotatable bonds is 9. The molecule has 3 aromatic carbocycles. The van der Waals surface area contributed by atoms with E-state index in [0.29, 0.717) is 0 Å². The van der Waals surface area contributed by atoms with Crippen LogP contribution in [0.25, 0.3) is 11.1 Å². The highest BCUT2D eigenvalue weighted by Crippen LogP contribution is 2.44. The molecule has 36 heavy (non-hydrogen) atoms. The molecule has 4 rings (SSSR count). The third kappa shape index (κ3) is 6.11. The number of nitrogens with zero attached hydrogens (tertiary/aromatic N) is 1. The molecule has 0 spiro atoms. The van der Waals surface area contributed by atoms with Crippen LogP contribution in [0.3, 0.4) is 0 Å². The largest absolute Gasteiger partial charge is 0.527 e. The van der Waals surface area contributed by atoms with Crippen molar-refractivity contribution in [2.24, 2.45) is 0 Å². The van der Waals surface area contributed by atoms with Crippen molar-refractivity contribution in [3.8, 4) is 11.1 Å². The van der Waals surface area contributed by atoms with Crippen molar-refractivity contribution < 1.29 is 29.0 Å². The Kier molecular flexibility index (Phi) is 7.72. The number of carbonyl (C=O) groups is 2. The predicted molar refractivity (Wildman–Crippen MR) is 135 cm³/mol. The fourth-order valence-corrected chi connectivity index (χ4v) is 4.29. The molecule has 0 fully saturated rings. The lowest BCUT2D eigenvalue weighted by atomic mass is 9.98. The molecule has 7 heteroatoms. The highest BCUT2D eigenvalue weighted by atomic mass is 16.8. The summed E-state index contributed by atoms with van der Waals surface area (Å²) in [7, 11) is 0. The molecule has 1 atom stereocenters. The lowest BCUT2D eigenvalue weighted by Crippen LogP contribution is -2.46. The van der Waals surface area contributed by atoms with E-state index in [4.69, 9.17) is 14.3 Å². The number of ether oxygens (including phenoxy) is 2. The van der Waals surface area contributed by atoms with Gasteiger partial charge in [0.25, 0.3) is 0 Å². The smallest absolute Gasteiger partial charge is 0.480 e. The van der Waals surface area contributed by atoms with Crippen LogP contribution in [0.2, 0.25) is 0 Å². The van der Waals surface area contributed by atoms with Crippen LogP contribution in [0.4, 0.5) is 4.79 Å². The molecule has 0 aliphatic heterocycles. The average Bonchev–Trinajstić information content (AvgIpc) is 3.16. The van der Waals surface area contributed by atoms with Gasteiger partial charge in [0.1, 0.15) is 6.61 Å². The van der Waals surface area contributed by atoms with Crippen molar-refractivity contribution in [3.63, 3.8) is 0 Å². The number of carboxylic acids is 1. The summed E-state index contributed by atoms with van der Waals surface area (Å²) in [5, 5.41) is 11.0. The number of benzene rings is 3. The van der Waals surface area contributed by atoms with Gasteiger partial charge in [-0.05, 0) is 48.6 Å². The summed E-state index contributed by atoms with van der Waals surface area (Å²) >= 11 is 0. The van der Waals surface area contributed by atoms with Gasteiger partial charge in [-0.25, -0.2) is 4.79 Å². The summed E-state index contributed by atoms with van der Waals surface area (Å²) in [5.74, 6) is -1.30. The van der Waals surface area contributed by atoms with Gasteiger partial charge in [-0.15, -0.1) is 5.06 Å². The zero-order valence-corrected chi connectivity index (χ0v) is 20.7. The Hall–Kier alpha value is -3.68. The van der Waals surface area contributed by atoms with Crippen molar-refractivity contribution in [2.45, 2.75) is 44.9 Å². The van der Waals surface area contributed by atoms with Crippen LogP contribution in [-0.4, -0.2) is 47.2 Å². The number of hydrogen-bond acceptors (Lipinski definition) is 6. The molecule has 0 saturated carbocycles. The monoisotopic (exact) mass is 489 g/mol. The molecule has 0 radical (unpaired) electrons. The van der Waals surface area contributed by atoms with Gasteiger partial charge in [-0.2, -0.15) is 0 Å². The maximum Gasteiger partial charge on any atom is 0.527 e. The number of hydrogen-bond donors (Lipinski definition) is 1. The predicted octanol–water partition coefficient (Wildman–Crippen LogP) is 5.64.